The standard InChI is InChI=1S/C11H8O3/c12-6-2-1-3-10-7-9(8-13)4-5-11(10)14/h4-8,14H,2H2. The Kier molecular flexibility index (Phi) is 3.45. The molecule has 3 heteroatoms. The van der Waals surface area contributed by atoms with E-state index in [-0.39, 0.29) is 12.2 Å². The van der Waals surface area contributed by atoms with Crippen LogP contribution in [0.15, 0.2) is 18.2 Å². The van der Waals surface area contributed by atoms with Crippen molar-refractivity contribution in [3.05, 3.63) is 29.3 Å². The number of aldehydes is 2. The summed E-state index contributed by atoms with van der Waals surface area (Å²) in [4.78, 5) is 20.4. The van der Waals surface area contributed by atoms with Gasteiger partial charge in [0.05, 0.1) is 12.0 Å². The number of aromatic hydroxyl groups is 1. The van der Waals surface area contributed by atoms with Crippen molar-refractivity contribution in [3.63, 3.8) is 0 Å². The Morgan fingerprint density at radius 1 is 1.36 bits per heavy atom. The first-order chi connectivity index (χ1) is 6.77. The van der Waals surface area contributed by atoms with E-state index in [1.165, 1.54) is 18.2 Å². The second-order valence-electron chi connectivity index (χ2n) is 2.57. The van der Waals surface area contributed by atoms with Crippen LogP contribution in [-0.4, -0.2) is 17.7 Å². The fourth-order valence-electron chi connectivity index (χ4n) is 0.915. The highest BCUT2D eigenvalue weighted by Gasteiger charge is 1.98. The Labute approximate surface area is 81.4 Å². The predicted octanol–water partition coefficient (Wildman–Crippen LogP) is 1.15. The summed E-state index contributed by atoms with van der Waals surface area (Å²) < 4.78 is 0. The Bertz CT molecular complexity index is 410. The van der Waals surface area contributed by atoms with Crippen molar-refractivity contribution in [1.29, 1.82) is 0 Å². The molecule has 0 bridgehead atoms. The number of rotatable bonds is 2. The number of carbonyl (C=O) groups is 2. The Balaban J connectivity index is 3.01. The van der Waals surface area contributed by atoms with Gasteiger partial charge in [-0.3, -0.25) is 4.79 Å². The summed E-state index contributed by atoms with van der Waals surface area (Å²) >= 11 is 0. The molecule has 0 heterocycles. The molecule has 0 radical (unpaired) electrons. The third-order valence-electron chi connectivity index (χ3n) is 1.57. The molecule has 0 aliphatic heterocycles. The lowest BCUT2D eigenvalue weighted by Gasteiger charge is -1.96. The summed E-state index contributed by atoms with van der Waals surface area (Å²) in [5.74, 6) is 5.16. The second-order valence-corrected chi connectivity index (χ2v) is 2.57. The molecule has 0 fully saturated rings. The van der Waals surface area contributed by atoms with Gasteiger partial charge in [-0.2, -0.15) is 0 Å². The molecule has 0 amide bonds. The molecule has 0 atom stereocenters. The van der Waals surface area contributed by atoms with Crippen molar-refractivity contribution in [1.82, 2.24) is 0 Å². The second kappa shape index (κ2) is 4.83. The summed E-state index contributed by atoms with van der Waals surface area (Å²) in [6.45, 7) is 0. The van der Waals surface area contributed by atoms with Gasteiger partial charge in [-0.05, 0) is 18.2 Å². The molecular formula is C11H8O3. The quantitative estimate of drug-likeness (QED) is 0.559. The van der Waals surface area contributed by atoms with E-state index in [2.05, 4.69) is 11.8 Å². The van der Waals surface area contributed by atoms with Crippen molar-refractivity contribution in [2.45, 2.75) is 6.42 Å². The van der Waals surface area contributed by atoms with E-state index in [4.69, 9.17) is 0 Å². The lowest BCUT2D eigenvalue weighted by Crippen LogP contribution is -1.83. The van der Waals surface area contributed by atoms with Crippen LogP contribution >= 0.6 is 0 Å². The molecule has 1 aromatic rings. The molecule has 0 unspecified atom stereocenters. The fraction of sp³-hybridized carbons (Fsp3) is 0.0909. The van der Waals surface area contributed by atoms with Crippen molar-refractivity contribution in [2.24, 2.45) is 0 Å². The first kappa shape index (κ1) is 10.0. The fourth-order valence-corrected chi connectivity index (χ4v) is 0.915. The van der Waals surface area contributed by atoms with E-state index in [9.17, 15) is 14.7 Å². The molecule has 0 aliphatic rings. The summed E-state index contributed by atoms with van der Waals surface area (Å²) in [6, 6.07) is 4.36. The molecular weight excluding hydrogens is 180 g/mol. The van der Waals surface area contributed by atoms with Gasteiger partial charge < -0.3 is 9.90 Å². The molecule has 14 heavy (non-hydrogen) atoms. The maximum atomic E-state index is 10.4. The van der Waals surface area contributed by atoms with Crippen molar-refractivity contribution >= 4 is 12.6 Å². The Hall–Kier alpha value is -2.08. The van der Waals surface area contributed by atoms with Gasteiger partial charge in [-0.15, -0.1) is 0 Å². The van der Waals surface area contributed by atoms with Gasteiger partial charge in [0.1, 0.15) is 18.3 Å². The number of carbonyl (C=O) groups excluding carboxylic acids is 2. The van der Waals surface area contributed by atoms with Crippen LogP contribution < -0.4 is 0 Å². The minimum absolute atomic E-state index is 0.00833. The van der Waals surface area contributed by atoms with Gasteiger partial charge in [0.2, 0.25) is 0 Å². The van der Waals surface area contributed by atoms with E-state index >= 15 is 0 Å². The Morgan fingerprint density at radius 3 is 2.79 bits per heavy atom. The number of hydrogen-bond donors (Lipinski definition) is 1. The average Bonchev–Trinajstić information content (AvgIpc) is 2.21. The zero-order chi connectivity index (χ0) is 10.4. The number of hydrogen-bond acceptors (Lipinski definition) is 3. The van der Waals surface area contributed by atoms with Crippen molar-refractivity contribution in [3.8, 4) is 17.6 Å². The van der Waals surface area contributed by atoms with Crippen LogP contribution in [-0.2, 0) is 4.79 Å². The minimum atomic E-state index is 0.00833. The van der Waals surface area contributed by atoms with Gasteiger partial charge >= 0.3 is 0 Å². The monoisotopic (exact) mass is 188 g/mol. The molecule has 1 rings (SSSR count). The normalized spacial score (nSPS) is 8.57. The maximum absolute atomic E-state index is 10.4. The summed E-state index contributed by atoms with van der Waals surface area (Å²) in [6.07, 6.45) is 1.46. The van der Waals surface area contributed by atoms with Crippen LogP contribution in [0.3, 0.4) is 0 Å². The van der Waals surface area contributed by atoms with Crippen LogP contribution in [0.1, 0.15) is 22.3 Å². The minimum Gasteiger partial charge on any atom is -0.507 e. The van der Waals surface area contributed by atoms with E-state index in [0.29, 0.717) is 23.7 Å². The molecule has 1 aromatic carbocycles. The first-order valence-electron chi connectivity index (χ1n) is 3.98. The molecule has 70 valence electrons. The van der Waals surface area contributed by atoms with Crippen molar-refractivity contribution in [2.75, 3.05) is 0 Å². The summed E-state index contributed by atoms with van der Waals surface area (Å²) in [7, 11) is 0. The number of phenolic OH excluding ortho intramolecular Hbond substituents is 1. The topological polar surface area (TPSA) is 54.4 Å². The SMILES string of the molecule is O=CCC#Cc1cc(C=O)ccc1O. The zero-order valence-corrected chi connectivity index (χ0v) is 7.36. The van der Waals surface area contributed by atoms with Crippen LogP contribution in [0.25, 0.3) is 0 Å². The van der Waals surface area contributed by atoms with E-state index in [1.807, 2.05) is 0 Å². The molecule has 0 spiro atoms. The molecule has 1 N–H and O–H groups in total. The highest BCUT2D eigenvalue weighted by Crippen LogP contribution is 2.16. The number of phenols is 1. The predicted molar refractivity (Wildman–Crippen MR) is 51.1 cm³/mol. The lowest BCUT2D eigenvalue weighted by molar-refractivity contribution is -0.107. The van der Waals surface area contributed by atoms with E-state index in [1.54, 1.807) is 0 Å². The summed E-state index contributed by atoms with van der Waals surface area (Å²) in [5.41, 5.74) is 0.801. The van der Waals surface area contributed by atoms with E-state index < -0.39 is 0 Å². The van der Waals surface area contributed by atoms with Crippen LogP contribution in [0.2, 0.25) is 0 Å². The lowest BCUT2D eigenvalue weighted by atomic mass is 10.1. The average molecular weight is 188 g/mol. The highest BCUT2D eigenvalue weighted by atomic mass is 16.3. The van der Waals surface area contributed by atoms with Crippen LogP contribution in [0.5, 0.6) is 5.75 Å². The maximum Gasteiger partial charge on any atom is 0.150 e. The smallest absolute Gasteiger partial charge is 0.150 e. The first-order valence-corrected chi connectivity index (χ1v) is 3.98. The van der Waals surface area contributed by atoms with Crippen LogP contribution in [0.4, 0.5) is 0 Å². The molecule has 0 saturated heterocycles. The Morgan fingerprint density at radius 2 is 2.14 bits per heavy atom. The van der Waals surface area contributed by atoms with E-state index in [0.717, 1.165) is 0 Å². The molecule has 0 saturated carbocycles. The van der Waals surface area contributed by atoms with Gasteiger partial charge in [0.25, 0.3) is 0 Å². The molecule has 3 nitrogen and oxygen atoms in total. The summed E-state index contributed by atoms with van der Waals surface area (Å²) in [5, 5.41) is 9.32. The van der Waals surface area contributed by atoms with Gasteiger partial charge in [-0.1, -0.05) is 11.8 Å². The highest BCUT2D eigenvalue weighted by molar-refractivity contribution is 5.76. The molecule has 0 aliphatic carbocycles. The number of benzene rings is 1. The third kappa shape index (κ3) is 2.46. The van der Waals surface area contributed by atoms with Gasteiger partial charge in [0.15, 0.2) is 0 Å². The zero-order valence-electron chi connectivity index (χ0n) is 7.36. The van der Waals surface area contributed by atoms with Gasteiger partial charge in [0, 0.05) is 5.56 Å². The third-order valence-corrected chi connectivity index (χ3v) is 1.57. The van der Waals surface area contributed by atoms with Crippen molar-refractivity contribution < 1.29 is 14.7 Å². The van der Waals surface area contributed by atoms with Gasteiger partial charge in [-0.25, -0.2) is 0 Å². The molecule has 0 aromatic heterocycles. The van der Waals surface area contributed by atoms with Crippen LogP contribution in [0, 0.1) is 11.8 Å². The largest absolute Gasteiger partial charge is 0.507 e.